The summed E-state index contributed by atoms with van der Waals surface area (Å²) in [5.74, 6) is 0.563. The van der Waals surface area contributed by atoms with Crippen molar-refractivity contribution in [1.29, 1.82) is 0 Å². The molecule has 0 aliphatic heterocycles. The smallest absolute Gasteiger partial charge is 0.150 e. The molecule has 2 nitrogen and oxygen atoms in total. The van der Waals surface area contributed by atoms with Gasteiger partial charge in [-0.25, -0.2) is 4.39 Å². The quantitative estimate of drug-likeness (QED) is 0.645. The third-order valence-electron chi connectivity index (χ3n) is 1.62. The summed E-state index contributed by atoms with van der Waals surface area (Å²) in [5.41, 5.74) is 0.739. The molecule has 0 heterocycles. The van der Waals surface area contributed by atoms with E-state index in [4.69, 9.17) is 4.74 Å². The van der Waals surface area contributed by atoms with Gasteiger partial charge in [-0.1, -0.05) is 0 Å². The maximum atomic E-state index is 12.3. The average molecular weight is 168 g/mol. The molecule has 0 atom stereocenters. The fraction of sp³-hybridized carbons (Fsp3) is 0.222. The van der Waals surface area contributed by atoms with Crippen molar-refractivity contribution in [3.05, 3.63) is 29.3 Å². The molecule has 1 aromatic carbocycles. The van der Waals surface area contributed by atoms with Crippen LogP contribution >= 0.6 is 0 Å². The van der Waals surface area contributed by atoms with Gasteiger partial charge in [0.15, 0.2) is 0 Å². The molecule has 0 unspecified atom stereocenters. The monoisotopic (exact) mass is 168 g/mol. The minimum absolute atomic E-state index is 0.365. The van der Waals surface area contributed by atoms with Crippen molar-refractivity contribution in [2.75, 3.05) is 7.11 Å². The molecule has 0 fully saturated rings. The van der Waals surface area contributed by atoms with Crippen molar-refractivity contribution < 1.29 is 13.9 Å². The largest absolute Gasteiger partial charge is 0.497 e. The summed E-state index contributed by atoms with van der Waals surface area (Å²) in [6.45, 7) is -0.648. The number of alkyl halides is 1. The number of ether oxygens (including phenoxy) is 1. The molecule has 12 heavy (non-hydrogen) atoms. The van der Waals surface area contributed by atoms with E-state index in [1.807, 2.05) is 0 Å². The maximum absolute atomic E-state index is 12.3. The third-order valence-corrected chi connectivity index (χ3v) is 1.62. The Balaban J connectivity index is 3.10. The zero-order valence-corrected chi connectivity index (χ0v) is 6.71. The molecule has 0 spiro atoms. The molecule has 0 bridgehead atoms. The van der Waals surface area contributed by atoms with E-state index in [2.05, 4.69) is 0 Å². The van der Waals surface area contributed by atoms with E-state index >= 15 is 0 Å². The first-order valence-electron chi connectivity index (χ1n) is 3.50. The van der Waals surface area contributed by atoms with E-state index in [9.17, 15) is 9.18 Å². The minimum Gasteiger partial charge on any atom is -0.497 e. The van der Waals surface area contributed by atoms with Crippen molar-refractivity contribution in [3.63, 3.8) is 0 Å². The summed E-state index contributed by atoms with van der Waals surface area (Å²) < 4.78 is 17.1. The van der Waals surface area contributed by atoms with E-state index in [0.29, 0.717) is 23.2 Å². The second-order valence-corrected chi connectivity index (χ2v) is 2.32. The van der Waals surface area contributed by atoms with Crippen molar-refractivity contribution >= 4 is 6.29 Å². The highest BCUT2D eigenvalue weighted by molar-refractivity contribution is 5.77. The van der Waals surface area contributed by atoms with Crippen LogP contribution in [0.2, 0.25) is 0 Å². The van der Waals surface area contributed by atoms with Gasteiger partial charge in [-0.15, -0.1) is 0 Å². The molecule has 3 heteroatoms. The second kappa shape index (κ2) is 3.85. The Morgan fingerprint density at radius 2 is 2.33 bits per heavy atom. The zero-order valence-electron chi connectivity index (χ0n) is 6.71. The van der Waals surface area contributed by atoms with E-state index in [1.165, 1.54) is 13.2 Å². The molecule has 0 radical (unpaired) electrons. The van der Waals surface area contributed by atoms with Gasteiger partial charge in [-0.3, -0.25) is 4.79 Å². The van der Waals surface area contributed by atoms with Crippen molar-refractivity contribution in [1.82, 2.24) is 0 Å². The Labute approximate surface area is 70.0 Å². The molecular formula is C9H9FO2. The highest BCUT2D eigenvalue weighted by Crippen LogP contribution is 2.17. The number of carbonyl (C=O) groups excluding carboxylic acids is 1. The molecule has 64 valence electrons. The predicted molar refractivity (Wildman–Crippen MR) is 43.2 cm³/mol. The van der Waals surface area contributed by atoms with Crippen LogP contribution in [-0.4, -0.2) is 13.4 Å². The van der Waals surface area contributed by atoms with Crippen LogP contribution in [-0.2, 0) is 6.67 Å². The van der Waals surface area contributed by atoms with Gasteiger partial charge in [-0.2, -0.15) is 0 Å². The first kappa shape index (κ1) is 8.71. The molecule has 0 saturated heterocycles. The number of aldehydes is 1. The standard InChI is InChI=1S/C9H9FO2/c1-12-9-3-2-7(6-11)8(4-9)5-10/h2-4,6H,5H2,1H3. The zero-order chi connectivity index (χ0) is 8.97. The Kier molecular flexibility index (Phi) is 2.80. The summed E-state index contributed by atoms with van der Waals surface area (Å²) in [5, 5.41) is 0. The Morgan fingerprint density at radius 3 is 2.83 bits per heavy atom. The van der Waals surface area contributed by atoms with Gasteiger partial charge in [0.1, 0.15) is 18.7 Å². The fourth-order valence-electron chi connectivity index (χ4n) is 0.940. The van der Waals surface area contributed by atoms with Crippen molar-refractivity contribution in [2.24, 2.45) is 0 Å². The summed E-state index contributed by atoms with van der Waals surface area (Å²) in [7, 11) is 1.50. The average Bonchev–Trinajstić information content (AvgIpc) is 2.16. The summed E-state index contributed by atoms with van der Waals surface area (Å²) >= 11 is 0. The highest BCUT2D eigenvalue weighted by Gasteiger charge is 2.02. The van der Waals surface area contributed by atoms with E-state index in [0.717, 1.165) is 0 Å². The molecule has 0 saturated carbocycles. The second-order valence-electron chi connectivity index (χ2n) is 2.32. The molecule has 0 N–H and O–H groups in total. The Bertz CT molecular complexity index is 284. The van der Waals surface area contributed by atoms with Crippen LogP contribution in [0.4, 0.5) is 4.39 Å². The summed E-state index contributed by atoms with van der Waals surface area (Å²) in [6, 6.07) is 4.69. The van der Waals surface area contributed by atoms with E-state index in [1.54, 1.807) is 12.1 Å². The maximum Gasteiger partial charge on any atom is 0.150 e. The lowest BCUT2D eigenvalue weighted by molar-refractivity contribution is 0.112. The van der Waals surface area contributed by atoms with E-state index < -0.39 is 6.67 Å². The molecule has 1 aromatic rings. The van der Waals surface area contributed by atoms with Gasteiger partial charge in [0.25, 0.3) is 0 Å². The molecule has 0 aliphatic rings. The lowest BCUT2D eigenvalue weighted by atomic mass is 10.1. The molecule has 0 aliphatic carbocycles. The lowest BCUT2D eigenvalue weighted by Crippen LogP contribution is -1.91. The summed E-state index contributed by atoms with van der Waals surface area (Å²) in [4.78, 5) is 10.4. The first-order valence-corrected chi connectivity index (χ1v) is 3.50. The van der Waals surface area contributed by atoms with Crippen molar-refractivity contribution in [2.45, 2.75) is 6.67 Å². The van der Waals surface area contributed by atoms with Gasteiger partial charge in [-0.05, 0) is 23.8 Å². The number of hydrogen-bond acceptors (Lipinski definition) is 2. The molecule has 0 amide bonds. The molecular weight excluding hydrogens is 159 g/mol. The van der Waals surface area contributed by atoms with Gasteiger partial charge in [0.05, 0.1) is 7.11 Å². The van der Waals surface area contributed by atoms with Crippen LogP contribution in [0.5, 0.6) is 5.75 Å². The molecule has 0 aromatic heterocycles. The van der Waals surface area contributed by atoms with Crippen LogP contribution < -0.4 is 4.74 Å². The lowest BCUT2D eigenvalue weighted by Gasteiger charge is -2.03. The van der Waals surface area contributed by atoms with Gasteiger partial charge in [0, 0.05) is 5.56 Å². The number of methoxy groups -OCH3 is 1. The number of hydrogen-bond donors (Lipinski definition) is 0. The van der Waals surface area contributed by atoms with Crippen LogP contribution in [0.15, 0.2) is 18.2 Å². The topological polar surface area (TPSA) is 26.3 Å². The highest BCUT2D eigenvalue weighted by atomic mass is 19.1. The SMILES string of the molecule is COc1ccc(C=O)c(CF)c1. The van der Waals surface area contributed by atoms with Crippen LogP contribution in [0, 0.1) is 0 Å². The van der Waals surface area contributed by atoms with Crippen LogP contribution in [0.25, 0.3) is 0 Å². The minimum atomic E-state index is -0.648. The molecule has 1 rings (SSSR count). The Hall–Kier alpha value is -1.38. The number of carbonyl (C=O) groups is 1. The summed E-state index contributed by atoms with van der Waals surface area (Å²) in [6.07, 6.45) is 0.633. The fourth-order valence-corrected chi connectivity index (χ4v) is 0.940. The first-order chi connectivity index (χ1) is 5.81. The Morgan fingerprint density at radius 1 is 1.58 bits per heavy atom. The van der Waals surface area contributed by atoms with E-state index in [-0.39, 0.29) is 0 Å². The van der Waals surface area contributed by atoms with Crippen LogP contribution in [0.1, 0.15) is 15.9 Å². The van der Waals surface area contributed by atoms with Gasteiger partial charge in [0.2, 0.25) is 0 Å². The number of benzene rings is 1. The van der Waals surface area contributed by atoms with Crippen molar-refractivity contribution in [3.8, 4) is 5.75 Å². The van der Waals surface area contributed by atoms with Gasteiger partial charge >= 0.3 is 0 Å². The van der Waals surface area contributed by atoms with Gasteiger partial charge < -0.3 is 4.74 Å². The number of rotatable bonds is 3. The normalized spacial score (nSPS) is 9.50. The predicted octanol–water partition coefficient (Wildman–Crippen LogP) is 1.98. The number of halogens is 1. The third kappa shape index (κ3) is 1.61. The van der Waals surface area contributed by atoms with Crippen LogP contribution in [0.3, 0.4) is 0 Å².